The van der Waals surface area contributed by atoms with E-state index < -0.39 is 11.5 Å². The summed E-state index contributed by atoms with van der Waals surface area (Å²) in [4.78, 5) is 24.1. The lowest BCUT2D eigenvalue weighted by Gasteiger charge is -2.06. The second-order valence-corrected chi connectivity index (χ2v) is 3.89. The molecule has 0 saturated carbocycles. The van der Waals surface area contributed by atoms with Crippen LogP contribution in [0.1, 0.15) is 10.4 Å². The average molecular weight is 272 g/mol. The van der Waals surface area contributed by atoms with Gasteiger partial charge in [0.2, 0.25) is 0 Å². The molecule has 3 N–H and O–H groups in total. The van der Waals surface area contributed by atoms with E-state index in [2.05, 4.69) is 25.9 Å². The number of hydrogen-bond donors (Lipinski definition) is 3. The van der Waals surface area contributed by atoms with Gasteiger partial charge in [-0.1, -0.05) is 11.2 Å². The largest absolute Gasteiger partial charge is 0.506 e. The van der Waals surface area contributed by atoms with Crippen LogP contribution in [-0.4, -0.2) is 36.0 Å². The first kappa shape index (κ1) is 11.8. The minimum Gasteiger partial charge on any atom is -0.506 e. The molecule has 100 valence electrons. The third-order valence-electron chi connectivity index (χ3n) is 2.67. The van der Waals surface area contributed by atoms with E-state index in [4.69, 9.17) is 0 Å². The van der Waals surface area contributed by atoms with Gasteiger partial charge in [-0.3, -0.25) is 19.3 Å². The van der Waals surface area contributed by atoms with Crippen molar-refractivity contribution in [2.45, 2.75) is 0 Å². The van der Waals surface area contributed by atoms with Gasteiger partial charge in [0.15, 0.2) is 0 Å². The highest BCUT2D eigenvalue weighted by molar-refractivity contribution is 6.03. The molecule has 0 atom stereocenters. The molecule has 3 rings (SSSR count). The fourth-order valence-electron chi connectivity index (χ4n) is 1.78. The van der Waals surface area contributed by atoms with E-state index >= 15 is 0 Å². The molecular weight excluding hydrogens is 264 g/mol. The van der Waals surface area contributed by atoms with Crippen molar-refractivity contribution in [1.82, 2.24) is 25.0 Å². The highest BCUT2D eigenvalue weighted by atomic mass is 16.3. The van der Waals surface area contributed by atoms with Gasteiger partial charge in [-0.15, -0.1) is 5.10 Å². The maximum Gasteiger partial charge on any atom is 0.270 e. The molecule has 0 aliphatic rings. The Morgan fingerprint density at radius 2 is 2.25 bits per heavy atom. The highest BCUT2D eigenvalue weighted by Gasteiger charge is 2.16. The molecule has 9 heteroatoms. The van der Waals surface area contributed by atoms with Crippen molar-refractivity contribution >= 4 is 17.4 Å². The zero-order chi connectivity index (χ0) is 14.1. The number of pyridine rings is 2. The Labute approximate surface area is 110 Å². The van der Waals surface area contributed by atoms with Gasteiger partial charge < -0.3 is 5.11 Å². The van der Waals surface area contributed by atoms with Crippen LogP contribution in [0.15, 0.2) is 35.3 Å². The predicted octanol–water partition coefficient (Wildman–Crippen LogP) is -0.230. The molecule has 0 spiro atoms. The fourth-order valence-corrected chi connectivity index (χ4v) is 1.78. The number of rotatable bonds is 2. The average Bonchev–Trinajstić information content (AvgIpc) is 2.95. The first-order valence-electron chi connectivity index (χ1n) is 5.55. The van der Waals surface area contributed by atoms with Crippen molar-refractivity contribution in [3.63, 3.8) is 0 Å². The Morgan fingerprint density at radius 1 is 1.40 bits per heavy atom. The topological polar surface area (TPSA) is 125 Å². The standard InChI is InChI=1S/C11H8N6O3/c18-8-5-6(9(19)12-11-13-15-16-14-11)10(20)17-4-2-1-3-7(8)17/h1-5,18H,(H2,12,13,14,15,16,19). The van der Waals surface area contributed by atoms with Crippen LogP contribution in [-0.2, 0) is 0 Å². The molecule has 0 aliphatic heterocycles. The van der Waals surface area contributed by atoms with Gasteiger partial charge in [0.1, 0.15) is 11.3 Å². The Hall–Kier alpha value is -3.23. The number of aromatic hydroxyl groups is 1. The monoisotopic (exact) mass is 272 g/mol. The van der Waals surface area contributed by atoms with E-state index in [-0.39, 0.29) is 17.3 Å². The van der Waals surface area contributed by atoms with Crippen molar-refractivity contribution in [2.75, 3.05) is 5.32 Å². The zero-order valence-electron chi connectivity index (χ0n) is 9.94. The van der Waals surface area contributed by atoms with Crippen LogP contribution in [0, 0.1) is 0 Å². The van der Waals surface area contributed by atoms with Crippen LogP contribution in [0.25, 0.3) is 5.52 Å². The lowest BCUT2D eigenvalue weighted by molar-refractivity contribution is 0.102. The molecule has 0 unspecified atom stereocenters. The fraction of sp³-hybridized carbons (Fsp3) is 0. The predicted molar refractivity (Wildman–Crippen MR) is 67.5 cm³/mol. The van der Waals surface area contributed by atoms with Gasteiger partial charge in [-0.25, -0.2) is 0 Å². The molecule has 3 aromatic rings. The number of aromatic nitrogens is 5. The number of H-pyrrole nitrogens is 1. The number of amides is 1. The molecular formula is C11H8N6O3. The summed E-state index contributed by atoms with van der Waals surface area (Å²) in [7, 11) is 0. The molecule has 9 nitrogen and oxygen atoms in total. The van der Waals surface area contributed by atoms with Gasteiger partial charge in [0, 0.05) is 12.3 Å². The van der Waals surface area contributed by atoms with Crippen LogP contribution in [0.4, 0.5) is 5.95 Å². The summed E-state index contributed by atoms with van der Waals surface area (Å²) in [6.07, 6.45) is 1.46. The first-order chi connectivity index (χ1) is 9.66. The molecule has 0 saturated heterocycles. The Kier molecular flexibility index (Phi) is 2.64. The van der Waals surface area contributed by atoms with Crippen LogP contribution >= 0.6 is 0 Å². The number of nitrogens with one attached hydrogen (secondary N) is 2. The van der Waals surface area contributed by atoms with Gasteiger partial charge in [0.25, 0.3) is 17.4 Å². The minimum absolute atomic E-state index is 0.0629. The van der Waals surface area contributed by atoms with Crippen molar-refractivity contribution in [3.8, 4) is 5.75 Å². The normalized spacial score (nSPS) is 10.6. The van der Waals surface area contributed by atoms with E-state index in [9.17, 15) is 14.7 Å². The van der Waals surface area contributed by atoms with Crippen LogP contribution < -0.4 is 10.9 Å². The van der Waals surface area contributed by atoms with Crippen molar-refractivity contribution in [1.29, 1.82) is 0 Å². The number of anilines is 1. The molecule has 0 aromatic carbocycles. The smallest absolute Gasteiger partial charge is 0.270 e. The molecule has 1 amide bonds. The van der Waals surface area contributed by atoms with Crippen LogP contribution in [0.2, 0.25) is 0 Å². The van der Waals surface area contributed by atoms with Crippen molar-refractivity contribution in [2.24, 2.45) is 0 Å². The minimum atomic E-state index is -0.732. The van der Waals surface area contributed by atoms with Gasteiger partial charge in [-0.05, 0) is 17.3 Å². The number of fused-ring (bicyclic) bond motifs is 1. The maximum atomic E-state index is 12.2. The number of carbonyl (C=O) groups excluding carboxylic acids is 1. The molecule has 0 radical (unpaired) electrons. The van der Waals surface area contributed by atoms with Gasteiger partial charge in [-0.2, -0.15) is 5.21 Å². The Balaban J connectivity index is 2.10. The van der Waals surface area contributed by atoms with E-state index in [0.29, 0.717) is 5.52 Å². The second kappa shape index (κ2) is 4.46. The van der Waals surface area contributed by atoms with Crippen LogP contribution in [0.5, 0.6) is 5.75 Å². The summed E-state index contributed by atoms with van der Waals surface area (Å²) < 4.78 is 1.18. The summed E-state index contributed by atoms with van der Waals surface area (Å²) in [6, 6.07) is 5.97. The summed E-state index contributed by atoms with van der Waals surface area (Å²) in [6.45, 7) is 0. The number of tetrazole rings is 1. The van der Waals surface area contributed by atoms with Gasteiger partial charge in [0.05, 0.1) is 5.52 Å². The third-order valence-corrected chi connectivity index (χ3v) is 2.67. The summed E-state index contributed by atoms with van der Waals surface area (Å²) in [5.41, 5.74) is -0.469. The van der Waals surface area contributed by atoms with E-state index in [1.165, 1.54) is 10.6 Å². The third kappa shape index (κ3) is 1.86. The molecule has 0 fully saturated rings. The molecule has 20 heavy (non-hydrogen) atoms. The summed E-state index contributed by atoms with van der Waals surface area (Å²) >= 11 is 0. The number of hydrogen-bond acceptors (Lipinski definition) is 6. The lowest BCUT2D eigenvalue weighted by atomic mass is 10.2. The quantitative estimate of drug-likeness (QED) is 0.591. The maximum absolute atomic E-state index is 12.2. The summed E-state index contributed by atoms with van der Waals surface area (Å²) in [5, 5.41) is 24.7. The van der Waals surface area contributed by atoms with Crippen LogP contribution in [0.3, 0.4) is 0 Å². The second-order valence-electron chi connectivity index (χ2n) is 3.89. The first-order valence-corrected chi connectivity index (χ1v) is 5.55. The summed E-state index contributed by atoms with van der Waals surface area (Å²) in [5.74, 6) is -0.972. The van der Waals surface area contributed by atoms with E-state index in [1.54, 1.807) is 18.2 Å². The molecule has 3 heterocycles. The number of aromatic amines is 1. The van der Waals surface area contributed by atoms with Crippen molar-refractivity contribution in [3.05, 3.63) is 46.4 Å². The Bertz CT molecular complexity index is 839. The van der Waals surface area contributed by atoms with E-state index in [0.717, 1.165) is 6.07 Å². The van der Waals surface area contributed by atoms with E-state index in [1.807, 2.05) is 0 Å². The SMILES string of the molecule is O=C(Nc1nn[nH]n1)c1cc(O)c2ccccn2c1=O. The van der Waals surface area contributed by atoms with Crippen molar-refractivity contribution < 1.29 is 9.90 Å². The highest BCUT2D eigenvalue weighted by Crippen LogP contribution is 2.17. The molecule has 3 aromatic heterocycles. The Morgan fingerprint density at radius 3 is 3.00 bits per heavy atom. The lowest BCUT2D eigenvalue weighted by Crippen LogP contribution is -2.26. The number of nitrogens with zero attached hydrogens (tertiary/aromatic N) is 4. The molecule has 0 bridgehead atoms. The van der Waals surface area contributed by atoms with Gasteiger partial charge >= 0.3 is 0 Å². The number of carbonyl (C=O) groups is 1. The molecule has 0 aliphatic carbocycles. The zero-order valence-corrected chi connectivity index (χ0v) is 9.94.